The predicted molar refractivity (Wildman–Crippen MR) is 143 cm³/mol. The van der Waals surface area contributed by atoms with E-state index in [1.165, 1.54) is 10.4 Å². The number of hydrogen-bond acceptors (Lipinski definition) is 3. The van der Waals surface area contributed by atoms with Crippen LogP contribution in [-0.4, -0.2) is 32.9 Å². The second kappa shape index (κ2) is 9.03. The number of Topliss-reactive ketones (excluding diaryl/α,β-unsaturated/α-hetero) is 1. The molecule has 0 bridgehead atoms. The highest BCUT2D eigenvalue weighted by molar-refractivity contribution is 6.99. The van der Waals surface area contributed by atoms with Gasteiger partial charge >= 0.3 is 0 Å². The second-order valence-corrected chi connectivity index (χ2v) is 16.1. The van der Waals surface area contributed by atoms with Gasteiger partial charge in [0.05, 0.1) is 6.61 Å². The molecule has 2 spiro atoms. The standard InChI is InChI=1S/C31H38O3Si/c1-5-24-14-12-15-25(30(24)21-13-20-28(32)31(30)23-33-31)22-34-35(29(2,3)4,26-16-8-6-9-17-26)27-18-10-7-11-19-27/h1,6-11,16-19,24-25H,12-15,20-23H2,2-4H3/t24-,25-,30+,31-/m1/s1. The van der Waals surface area contributed by atoms with E-state index in [9.17, 15) is 4.79 Å². The Morgan fingerprint density at radius 2 is 1.63 bits per heavy atom. The normalized spacial score (nSPS) is 30.9. The van der Waals surface area contributed by atoms with Gasteiger partial charge in [0, 0.05) is 24.4 Å². The molecule has 0 amide bonds. The van der Waals surface area contributed by atoms with E-state index in [0.717, 1.165) is 32.1 Å². The van der Waals surface area contributed by atoms with Crippen LogP contribution in [0.4, 0.5) is 0 Å². The third-order valence-electron chi connectivity index (χ3n) is 9.14. The Morgan fingerprint density at radius 1 is 1.03 bits per heavy atom. The van der Waals surface area contributed by atoms with E-state index in [4.69, 9.17) is 15.6 Å². The quantitative estimate of drug-likeness (QED) is 0.334. The SMILES string of the molecule is C#C[C@@H]1CCC[C@H](CO[Si](c2ccccc2)(c2ccccc2)C(C)(C)C)[C@]12CCCC(=O)[C@]21CO1. The Labute approximate surface area is 211 Å². The average Bonchev–Trinajstić information content (AvgIpc) is 3.66. The zero-order valence-corrected chi connectivity index (χ0v) is 22.4. The maximum absolute atomic E-state index is 13.2. The van der Waals surface area contributed by atoms with E-state index in [2.05, 4.69) is 87.4 Å². The van der Waals surface area contributed by atoms with Crippen molar-refractivity contribution in [1.82, 2.24) is 0 Å². The first-order chi connectivity index (χ1) is 16.8. The van der Waals surface area contributed by atoms with Gasteiger partial charge in [0.1, 0.15) is 0 Å². The van der Waals surface area contributed by atoms with Crippen molar-refractivity contribution in [2.45, 2.75) is 69.9 Å². The summed E-state index contributed by atoms with van der Waals surface area (Å²) in [4.78, 5) is 13.2. The third kappa shape index (κ3) is 3.67. The molecule has 3 nitrogen and oxygen atoms in total. The molecule has 0 unspecified atom stereocenters. The molecule has 35 heavy (non-hydrogen) atoms. The van der Waals surface area contributed by atoms with Gasteiger partial charge in [-0.05, 0) is 47.0 Å². The minimum Gasteiger partial charge on any atom is -0.407 e. The largest absolute Gasteiger partial charge is 0.407 e. The van der Waals surface area contributed by atoms with Crippen molar-refractivity contribution in [2.75, 3.05) is 13.2 Å². The van der Waals surface area contributed by atoms with Crippen LogP contribution in [0.5, 0.6) is 0 Å². The van der Waals surface area contributed by atoms with Crippen LogP contribution in [0.25, 0.3) is 0 Å². The molecule has 1 saturated heterocycles. The molecule has 0 aromatic heterocycles. The zero-order valence-electron chi connectivity index (χ0n) is 21.4. The molecule has 2 aromatic carbocycles. The number of ether oxygens (including phenoxy) is 1. The van der Waals surface area contributed by atoms with Crippen LogP contribution in [0.1, 0.15) is 59.3 Å². The fourth-order valence-electron chi connectivity index (χ4n) is 7.52. The molecule has 2 saturated carbocycles. The Morgan fingerprint density at radius 3 is 2.14 bits per heavy atom. The number of fused-ring (bicyclic) bond motifs is 1. The summed E-state index contributed by atoms with van der Waals surface area (Å²) in [6.07, 6.45) is 11.7. The third-order valence-corrected chi connectivity index (χ3v) is 14.1. The molecule has 4 heteroatoms. The summed E-state index contributed by atoms with van der Waals surface area (Å²) in [6.45, 7) is 8.09. The summed E-state index contributed by atoms with van der Waals surface area (Å²) in [5.41, 5.74) is -0.983. The average molecular weight is 487 g/mol. The number of hydrogen-bond donors (Lipinski definition) is 0. The lowest BCUT2D eigenvalue weighted by Crippen LogP contribution is -2.68. The van der Waals surface area contributed by atoms with Gasteiger partial charge in [-0.15, -0.1) is 12.3 Å². The molecule has 1 aliphatic heterocycles. The number of benzene rings is 2. The maximum Gasteiger partial charge on any atom is 0.261 e. The lowest BCUT2D eigenvalue weighted by atomic mass is 9.49. The number of rotatable bonds is 5. The van der Waals surface area contributed by atoms with E-state index in [-0.39, 0.29) is 28.1 Å². The number of ketones is 1. The first-order valence-electron chi connectivity index (χ1n) is 13.2. The highest BCUT2D eigenvalue weighted by Gasteiger charge is 2.72. The van der Waals surface area contributed by atoms with Crippen LogP contribution in [-0.2, 0) is 14.0 Å². The van der Waals surface area contributed by atoms with Crippen LogP contribution >= 0.6 is 0 Å². The first kappa shape index (κ1) is 24.5. The number of epoxide rings is 1. The smallest absolute Gasteiger partial charge is 0.261 e. The molecule has 0 radical (unpaired) electrons. The Kier molecular flexibility index (Phi) is 6.32. The van der Waals surface area contributed by atoms with Gasteiger partial charge in [0.25, 0.3) is 8.32 Å². The molecular weight excluding hydrogens is 448 g/mol. The summed E-state index contributed by atoms with van der Waals surface area (Å²) in [5.74, 6) is 3.67. The van der Waals surface area contributed by atoms with Gasteiger partial charge in [0.15, 0.2) is 11.4 Å². The molecule has 4 atom stereocenters. The van der Waals surface area contributed by atoms with Crippen molar-refractivity contribution in [3.05, 3.63) is 60.7 Å². The Balaban J connectivity index is 1.59. The van der Waals surface area contributed by atoms with Crippen molar-refractivity contribution in [2.24, 2.45) is 17.3 Å². The molecule has 2 aromatic rings. The maximum atomic E-state index is 13.2. The lowest BCUT2D eigenvalue weighted by Gasteiger charge is -2.54. The van der Waals surface area contributed by atoms with Gasteiger partial charge in [-0.1, -0.05) is 87.9 Å². The van der Waals surface area contributed by atoms with Crippen molar-refractivity contribution in [3.8, 4) is 12.3 Å². The summed E-state index contributed by atoms with van der Waals surface area (Å²) in [6, 6.07) is 21.6. The van der Waals surface area contributed by atoms with Crippen molar-refractivity contribution in [1.29, 1.82) is 0 Å². The monoisotopic (exact) mass is 486 g/mol. The highest BCUT2D eigenvalue weighted by Crippen LogP contribution is 2.64. The minimum atomic E-state index is -2.67. The van der Waals surface area contributed by atoms with Gasteiger partial charge in [0.2, 0.25) is 0 Å². The molecule has 3 aliphatic rings. The first-order valence-corrected chi connectivity index (χ1v) is 15.1. The fraction of sp³-hybridized carbons (Fsp3) is 0.516. The van der Waals surface area contributed by atoms with Crippen molar-refractivity contribution < 1.29 is 14.0 Å². The lowest BCUT2D eigenvalue weighted by molar-refractivity contribution is -0.144. The van der Waals surface area contributed by atoms with E-state index in [1.54, 1.807) is 0 Å². The highest BCUT2D eigenvalue weighted by atomic mass is 28.4. The van der Waals surface area contributed by atoms with Gasteiger partial charge in [-0.2, -0.15) is 0 Å². The molecule has 5 rings (SSSR count). The Bertz CT molecular complexity index is 1050. The van der Waals surface area contributed by atoms with Gasteiger partial charge in [-0.3, -0.25) is 4.79 Å². The van der Waals surface area contributed by atoms with E-state index in [0.29, 0.717) is 19.6 Å². The number of carbonyl (C=O) groups excluding carboxylic acids is 1. The summed E-state index contributed by atoms with van der Waals surface area (Å²) < 4.78 is 13.5. The van der Waals surface area contributed by atoms with Crippen LogP contribution in [0.3, 0.4) is 0 Å². The van der Waals surface area contributed by atoms with E-state index in [1.807, 2.05) is 0 Å². The van der Waals surface area contributed by atoms with Gasteiger partial charge < -0.3 is 9.16 Å². The zero-order chi connectivity index (χ0) is 24.7. The molecule has 3 fully saturated rings. The van der Waals surface area contributed by atoms with Gasteiger partial charge in [-0.25, -0.2) is 0 Å². The molecular formula is C31H38O3Si. The predicted octanol–water partition coefficient (Wildman–Crippen LogP) is 5.12. The second-order valence-electron chi connectivity index (χ2n) is 11.8. The topological polar surface area (TPSA) is 38.8 Å². The molecule has 184 valence electrons. The van der Waals surface area contributed by atoms with Crippen LogP contribution in [0, 0.1) is 29.6 Å². The molecule has 0 N–H and O–H groups in total. The Hall–Kier alpha value is -2.19. The van der Waals surface area contributed by atoms with Crippen LogP contribution < -0.4 is 10.4 Å². The van der Waals surface area contributed by atoms with Crippen LogP contribution in [0.2, 0.25) is 5.04 Å². The van der Waals surface area contributed by atoms with Crippen LogP contribution in [0.15, 0.2) is 60.7 Å². The minimum absolute atomic E-state index is 0.0655. The van der Waals surface area contributed by atoms with E-state index < -0.39 is 13.9 Å². The van der Waals surface area contributed by atoms with E-state index >= 15 is 0 Å². The van der Waals surface area contributed by atoms with Crippen molar-refractivity contribution in [3.63, 3.8) is 0 Å². The summed E-state index contributed by atoms with van der Waals surface area (Å²) in [5, 5.41) is 2.49. The number of carbonyl (C=O) groups is 1. The molecule has 1 heterocycles. The summed E-state index contributed by atoms with van der Waals surface area (Å²) in [7, 11) is -2.67. The molecule has 2 aliphatic carbocycles. The number of terminal acetylenes is 1. The van der Waals surface area contributed by atoms with Crippen molar-refractivity contribution >= 4 is 24.5 Å². The fourth-order valence-corrected chi connectivity index (χ4v) is 12.1. The summed E-state index contributed by atoms with van der Waals surface area (Å²) >= 11 is 0.